The van der Waals surface area contributed by atoms with Crippen molar-refractivity contribution in [2.24, 2.45) is 10.8 Å². The van der Waals surface area contributed by atoms with Gasteiger partial charge in [-0.3, -0.25) is 19.3 Å². The molecule has 74 heavy (non-hydrogen) atoms. The molecule has 0 aliphatic carbocycles. The third-order valence-electron chi connectivity index (χ3n) is 15.3. The number of rotatable bonds is 23. The van der Waals surface area contributed by atoms with E-state index in [4.69, 9.17) is 57.0 Å². The van der Waals surface area contributed by atoms with Crippen molar-refractivity contribution < 1.29 is 66.6 Å². The quantitative estimate of drug-likeness (QED) is 0.0588. The molecule has 0 bridgehead atoms. The van der Waals surface area contributed by atoms with Gasteiger partial charge in [0.1, 0.15) is 62.3 Å². The van der Waals surface area contributed by atoms with Gasteiger partial charge >= 0.3 is 11.9 Å². The topological polar surface area (TPSA) is 158 Å². The Morgan fingerprint density at radius 1 is 0.514 bits per heavy atom. The van der Waals surface area contributed by atoms with Crippen LogP contribution in [-0.4, -0.2) is 134 Å². The van der Waals surface area contributed by atoms with Crippen molar-refractivity contribution >= 4 is 11.9 Å². The molecule has 0 radical (unpaired) electrons. The van der Waals surface area contributed by atoms with Crippen LogP contribution in [0.3, 0.4) is 0 Å². The third kappa shape index (κ3) is 14.8. The van der Waals surface area contributed by atoms with E-state index in [-0.39, 0.29) is 49.6 Å². The maximum absolute atomic E-state index is 12.9. The summed E-state index contributed by atoms with van der Waals surface area (Å²) >= 11 is 0. The van der Waals surface area contributed by atoms with Gasteiger partial charge in [0.25, 0.3) is 0 Å². The Labute approximate surface area is 440 Å². The summed E-state index contributed by atoms with van der Waals surface area (Å²) < 4.78 is 60.2. The second kappa shape index (κ2) is 22.5. The average Bonchev–Trinajstić information content (AvgIpc) is 4.29. The summed E-state index contributed by atoms with van der Waals surface area (Å²) in [7, 11) is 0. The lowest BCUT2D eigenvalue weighted by Gasteiger charge is -2.59. The summed E-state index contributed by atoms with van der Waals surface area (Å²) in [5.74, 6) is -0.393. The van der Waals surface area contributed by atoms with Gasteiger partial charge in [-0.2, -0.15) is 10.1 Å². The van der Waals surface area contributed by atoms with Gasteiger partial charge in [0, 0.05) is 71.5 Å². The maximum Gasteiger partial charge on any atom is 0.305 e. The van der Waals surface area contributed by atoms with E-state index in [0.29, 0.717) is 91.0 Å². The van der Waals surface area contributed by atoms with Gasteiger partial charge in [0.05, 0.1) is 39.6 Å². The number of epoxide rings is 2. The van der Waals surface area contributed by atoms with Crippen molar-refractivity contribution in [3.8, 4) is 11.5 Å². The zero-order valence-electron chi connectivity index (χ0n) is 46.7. The molecule has 16 nitrogen and oxygen atoms in total. The van der Waals surface area contributed by atoms with Crippen LogP contribution in [0.1, 0.15) is 171 Å². The first kappa shape index (κ1) is 56.8. The molecule has 0 N–H and O–H groups in total. The highest BCUT2D eigenvalue weighted by Crippen LogP contribution is 2.51. The molecule has 4 unspecified atom stereocenters. The van der Waals surface area contributed by atoms with E-state index in [1.807, 2.05) is 38.1 Å². The molecular weight excluding hydrogens is 949 g/mol. The molecule has 6 aliphatic rings. The standard InChI is InChI=1S/C58H88N2O14/c1-41(43-19-23-45(24-20-43)63-27-47-29-65-47)73-59-51(3,4)31-57(32-52(59,5)6)69-37-55(11,38-70-57)35-67-49(61)17-15-13-14-16-18-50(62)68-36-56(12)39-71-58(72-40-56)33-53(7,8)60(54(9,10)34-58)74-42(2)44-21-25-46(26-22-44)64-28-48-30-66-48/h19-26,41-42,47-48H,13-18,27-40H2,1-12H3. The Kier molecular flexibility index (Phi) is 17.3. The van der Waals surface area contributed by atoms with Crippen LogP contribution in [0.25, 0.3) is 0 Å². The number of esters is 2. The van der Waals surface area contributed by atoms with Crippen molar-refractivity contribution in [2.45, 2.75) is 205 Å². The summed E-state index contributed by atoms with van der Waals surface area (Å²) in [5, 5.41) is 4.23. The number of carbonyl (C=O) groups is 2. The predicted molar refractivity (Wildman–Crippen MR) is 276 cm³/mol. The van der Waals surface area contributed by atoms with Crippen LogP contribution in [0.5, 0.6) is 11.5 Å². The smallest absolute Gasteiger partial charge is 0.305 e. The Morgan fingerprint density at radius 2 is 0.824 bits per heavy atom. The second-order valence-electron chi connectivity index (χ2n) is 25.5. The van der Waals surface area contributed by atoms with E-state index < -0.39 is 44.6 Å². The van der Waals surface area contributed by atoms with Crippen LogP contribution >= 0.6 is 0 Å². The molecule has 6 fully saturated rings. The summed E-state index contributed by atoms with van der Waals surface area (Å²) in [4.78, 5) is 39.1. The molecule has 4 atom stereocenters. The van der Waals surface area contributed by atoms with E-state index in [1.54, 1.807) is 0 Å². The minimum atomic E-state index is -0.780. The van der Waals surface area contributed by atoms with Gasteiger partial charge in [-0.15, -0.1) is 0 Å². The number of hydrogen-bond acceptors (Lipinski definition) is 16. The summed E-state index contributed by atoms with van der Waals surface area (Å²) in [5.41, 5.74) is -0.440. The van der Waals surface area contributed by atoms with Gasteiger partial charge < -0.3 is 47.4 Å². The van der Waals surface area contributed by atoms with Crippen LogP contribution < -0.4 is 9.47 Å². The predicted octanol–water partition coefficient (Wildman–Crippen LogP) is 10.2. The molecule has 16 heteroatoms. The zero-order valence-corrected chi connectivity index (χ0v) is 46.7. The number of carbonyl (C=O) groups excluding carboxylic acids is 2. The zero-order chi connectivity index (χ0) is 53.2. The first-order valence-corrected chi connectivity index (χ1v) is 27.3. The molecule has 0 aromatic heterocycles. The Bertz CT molecular complexity index is 1980. The number of hydroxylamine groups is 4. The molecule has 2 spiro atoms. The molecule has 0 amide bonds. The van der Waals surface area contributed by atoms with Crippen molar-refractivity contribution in [1.82, 2.24) is 10.1 Å². The monoisotopic (exact) mass is 1040 g/mol. The highest BCUT2D eigenvalue weighted by molar-refractivity contribution is 5.69. The fourth-order valence-corrected chi connectivity index (χ4v) is 11.6. The molecule has 6 aliphatic heterocycles. The van der Waals surface area contributed by atoms with Gasteiger partial charge in [-0.25, -0.2) is 0 Å². The van der Waals surface area contributed by atoms with E-state index >= 15 is 0 Å². The molecule has 2 aromatic rings. The normalized spacial score (nSPS) is 26.6. The lowest BCUT2D eigenvalue weighted by atomic mass is 9.77. The van der Waals surface area contributed by atoms with Crippen LogP contribution in [0.15, 0.2) is 48.5 Å². The fourth-order valence-electron chi connectivity index (χ4n) is 11.6. The van der Waals surface area contributed by atoms with Gasteiger partial charge in [0.2, 0.25) is 0 Å². The highest BCUT2D eigenvalue weighted by Gasteiger charge is 2.59. The summed E-state index contributed by atoms with van der Waals surface area (Å²) in [6, 6.07) is 16.1. The Balaban J connectivity index is 0.681. The molecule has 0 saturated carbocycles. The van der Waals surface area contributed by atoms with Gasteiger partial charge in [-0.1, -0.05) is 51.0 Å². The fraction of sp³-hybridized carbons (Fsp3) is 0.759. The number of nitrogens with zero attached hydrogens (tertiary/aromatic N) is 2. The number of hydrogen-bond donors (Lipinski definition) is 0. The SMILES string of the molecule is CC(ON1C(C)(C)CC2(CC1(C)C)OCC(C)(COC(=O)CCCCCCC(=O)OCC1(C)COC3(CC(C)(C)N(OC(C)c4ccc(OCC5CO5)cc4)C(C)(C)C3)OC1)CO2)c1ccc(OCC2CO2)cc1. The van der Waals surface area contributed by atoms with E-state index in [1.165, 1.54) is 0 Å². The number of piperidine rings is 2. The van der Waals surface area contributed by atoms with E-state index in [0.717, 1.165) is 48.7 Å². The van der Waals surface area contributed by atoms with Crippen LogP contribution in [0, 0.1) is 10.8 Å². The summed E-state index contributed by atoms with van der Waals surface area (Å²) in [6.45, 7) is 30.3. The van der Waals surface area contributed by atoms with E-state index in [9.17, 15) is 9.59 Å². The minimum Gasteiger partial charge on any atom is -0.491 e. The van der Waals surface area contributed by atoms with Crippen LogP contribution in [0.4, 0.5) is 0 Å². The molecule has 6 heterocycles. The van der Waals surface area contributed by atoms with Crippen molar-refractivity contribution in [2.75, 3.05) is 66.1 Å². The number of unbranched alkanes of at least 4 members (excludes halogenated alkanes) is 3. The van der Waals surface area contributed by atoms with Crippen molar-refractivity contribution in [1.29, 1.82) is 0 Å². The molecular formula is C58H88N2O14. The lowest BCUT2D eigenvalue weighted by molar-refractivity contribution is -0.390. The van der Waals surface area contributed by atoms with Crippen molar-refractivity contribution in [3.63, 3.8) is 0 Å². The Morgan fingerprint density at radius 3 is 1.12 bits per heavy atom. The van der Waals surface area contributed by atoms with Gasteiger partial charge in [-0.05, 0) is 117 Å². The summed E-state index contributed by atoms with van der Waals surface area (Å²) in [6.07, 6.45) is 6.15. The van der Waals surface area contributed by atoms with Crippen molar-refractivity contribution in [3.05, 3.63) is 59.7 Å². The molecule has 6 saturated heterocycles. The number of benzene rings is 2. The first-order valence-electron chi connectivity index (χ1n) is 27.3. The highest BCUT2D eigenvalue weighted by atomic mass is 16.7. The first-order chi connectivity index (χ1) is 34.8. The third-order valence-corrected chi connectivity index (χ3v) is 15.3. The van der Waals surface area contributed by atoms with Crippen LogP contribution in [-0.2, 0) is 57.2 Å². The van der Waals surface area contributed by atoms with Gasteiger partial charge in [0.15, 0.2) is 11.6 Å². The lowest BCUT2D eigenvalue weighted by Crippen LogP contribution is -2.68. The molecule has 2 aromatic carbocycles. The van der Waals surface area contributed by atoms with E-state index in [2.05, 4.69) is 104 Å². The van der Waals surface area contributed by atoms with Crippen LogP contribution in [0.2, 0.25) is 0 Å². The average molecular weight is 1040 g/mol. The molecule has 414 valence electrons. The maximum atomic E-state index is 12.9. The largest absolute Gasteiger partial charge is 0.491 e. The minimum absolute atomic E-state index is 0.180. The second-order valence-corrected chi connectivity index (χ2v) is 25.5. The number of ether oxygens (including phenoxy) is 10. The molecule has 8 rings (SSSR count). The Hall–Kier alpha value is -3.42.